The van der Waals surface area contributed by atoms with Crippen molar-refractivity contribution in [2.75, 3.05) is 0 Å². The first kappa shape index (κ1) is 25.4. The average molecular weight is 585 g/mol. The zero-order chi connectivity index (χ0) is 30.2. The summed E-state index contributed by atoms with van der Waals surface area (Å²) in [7, 11) is 0. The van der Waals surface area contributed by atoms with Gasteiger partial charge in [-0.05, 0) is 78.4 Å². The van der Waals surface area contributed by atoms with Crippen LogP contribution in [0.15, 0.2) is 170 Å². The molecule has 46 heavy (non-hydrogen) atoms. The first-order valence-electron chi connectivity index (χ1n) is 15.9. The Balaban J connectivity index is 1.20. The van der Waals surface area contributed by atoms with Gasteiger partial charge in [0.05, 0.1) is 5.41 Å². The van der Waals surface area contributed by atoms with Gasteiger partial charge < -0.3 is 4.74 Å². The Labute approximate surface area is 268 Å². The lowest BCUT2D eigenvalue weighted by molar-refractivity contribution is 0.487. The molecule has 0 bridgehead atoms. The second-order valence-electron chi connectivity index (χ2n) is 12.4. The van der Waals surface area contributed by atoms with Gasteiger partial charge in [0.1, 0.15) is 11.5 Å². The molecule has 214 valence electrons. The summed E-state index contributed by atoms with van der Waals surface area (Å²) in [6.45, 7) is 0. The molecule has 8 aromatic carbocycles. The molecule has 1 heterocycles. The molecule has 10 rings (SSSR count). The van der Waals surface area contributed by atoms with E-state index in [9.17, 15) is 0 Å². The number of rotatable bonds is 3. The van der Waals surface area contributed by atoms with Gasteiger partial charge in [0.15, 0.2) is 0 Å². The fourth-order valence-electron chi connectivity index (χ4n) is 8.26. The summed E-state index contributed by atoms with van der Waals surface area (Å²) in [6, 6.07) is 62.1. The molecule has 1 aliphatic carbocycles. The molecule has 1 aliphatic heterocycles. The first-order valence-corrected chi connectivity index (χ1v) is 15.9. The van der Waals surface area contributed by atoms with E-state index in [-0.39, 0.29) is 0 Å². The zero-order valence-corrected chi connectivity index (χ0v) is 25.1. The summed E-state index contributed by atoms with van der Waals surface area (Å²) >= 11 is 0. The molecule has 0 saturated heterocycles. The van der Waals surface area contributed by atoms with Crippen molar-refractivity contribution < 1.29 is 4.74 Å². The van der Waals surface area contributed by atoms with Gasteiger partial charge >= 0.3 is 0 Å². The molecule has 0 amide bonds. The molecular formula is C45H28O. The van der Waals surface area contributed by atoms with Gasteiger partial charge in [-0.25, -0.2) is 0 Å². The van der Waals surface area contributed by atoms with Crippen LogP contribution in [0.3, 0.4) is 0 Å². The fourth-order valence-corrected chi connectivity index (χ4v) is 8.26. The van der Waals surface area contributed by atoms with Gasteiger partial charge in [0, 0.05) is 10.9 Å². The first-order chi connectivity index (χ1) is 22.8. The normalized spacial score (nSPS) is 15.7. The summed E-state index contributed by atoms with van der Waals surface area (Å²) in [5.74, 6) is 1.83. The topological polar surface area (TPSA) is 9.23 Å². The van der Waals surface area contributed by atoms with Crippen molar-refractivity contribution in [3.63, 3.8) is 0 Å². The van der Waals surface area contributed by atoms with Crippen LogP contribution in [0.5, 0.6) is 11.5 Å². The van der Waals surface area contributed by atoms with E-state index in [0.717, 1.165) is 17.1 Å². The molecule has 1 nitrogen and oxygen atoms in total. The molecule has 0 radical (unpaired) electrons. The van der Waals surface area contributed by atoms with Crippen molar-refractivity contribution in [1.82, 2.24) is 0 Å². The fraction of sp³-hybridized carbons (Fsp3) is 0.0222. The van der Waals surface area contributed by atoms with Crippen LogP contribution in [-0.2, 0) is 5.41 Å². The molecule has 0 aromatic heterocycles. The Kier molecular flexibility index (Phi) is 5.27. The minimum atomic E-state index is -0.437. The number of fused-ring (bicyclic) bond motifs is 7. The van der Waals surface area contributed by atoms with Crippen LogP contribution in [0, 0.1) is 0 Å². The summed E-state index contributed by atoms with van der Waals surface area (Å²) in [6.07, 6.45) is 0. The Hall–Kier alpha value is -5.92. The van der Waals surface area contributed by atoms with Gasteiger partial charge in [-0.1, -0.05) is 158 Å². The Bertz CT molecular complexity index is 2490. The monoisotopic (exact) mass is 584 g/mol. The van der Waals surface area contributed by atoms with Gasteiger partial charge in [0.2, 0.25) is 0 Å². The lowest BCUT2D eigenvalue weighted by Gasteiger charge is -2.34. The van der Waals surface area contributed by atoms with Crippen LogP contribution in [0.4, 0.5) is 0 Å². The van der Waals surface area contributed by atoms with Crippen LogP contribution >= 0.6 is 0 Å². The van der Waals surface area contributed by atoms with Crippen molar-refractivity contribution in [2.24, 2.45) is 0 Å². The lowest BCUT2D eigenvalue weighted by atomic mass is 9.67. The summed E-state index contributed by atoms with van der Waals surface area (Å²) in [5.41, 5.74) is 12.2. The quantitative estimate of drug-likeness (QED) is 0.201. The van der Waals surface area contributed by atoms with Gasteiger partial charge in [-0.2, -0.15) is 0 Å². The van der Waals surface area contributed by atoms with E-state index in [1.54, 1.807) is 0 Å². The van der Waals surface area contributed by atoms with Gasteiger partial charge in [-0.15, -0.1) is 0 Å². The highest BCUT2D eigenvalue weighted by atomic mass is 16.5. The second kappa shape index (κ2) is 9.54. The van der Waals surface area contributed by atoms with E-state index in [2.05, 4.69) is 164 Å². The molecule has 8 aromatic rings. The molecule has 2 aliphatic rings. The largest absolute Gasteiger partial charge is 0.456 e. The highest BCUT2D eigenvalue weighted by Crippen LogP contribution is 2.58. The maximum atomic E-state index is 6.39. The Morgan fingerprint density at radius 2 is 1.07 bits per heavy atom. The third-order valence-corrected chi connectivity index (χ3v) is 10.2. The van der Waals surface area contributed by atoms with Crippen LogP contribution in [-0.4, -0.2) is 0 Å². The molecule has 0 saturated carbocycles. The maximum Gasteiger partial charge on any atom is 0.135 e. The van der Waals surface area contributed by atoms with E-state index in [0.29, 0.717) is 0 Å². The lowest BCUT2D eigenvalue weighted by Crippen LogP contribution is -2.28. The standard InChI is InChI=1S/C45H28O/c1-2-12-31(13-3-1)45(39-19-8-6-16-38(39)43-34-14-5-4-11-29(34)23-27-40(43)45)32-24-21-30(22-25-32)33-26-28-42-44-36(33)17-10-18-37(44)35-15-7-9-20-41(35)46-42/h1-28H. The molecule has 0 N–H and O–H groups in total. The number of hydrogen-bond acceptors (Lipinski definition) is 1. The Morgan fingerprint density at radius 3 is 1.96 bits per heavy atom. The molecule has 1 heteroatoms. The number of hydrogen-bond donors (Lipinski definition) is 0. The van der Waals surface area contributed by atoms with Crippen molar-refractivity contribution in [3.05, 3.63) is 192 Å². The number of benzene rings is 8. The van der Waals surface area contributed by atoms with E-state index in [1.165, 1.54) is 71.6 Å². The molecule has 1 atom stereocenters. The van der Waals surface area contributed by atoms with Crippen molar-refractivity contribution in [1.29, 1.82) is 0 Å². The maximum absolute atomic E-state index is 6.39. The average Bonchev–Trinajstić information content (AvgIpc) is 3.44. The third kappa shape index (κ3) is 3.35. The predicted molar refractivity (Wildman–Crippen MR) is 190 cm³/mol. The highest BCUT2D eigenvalue weighted by Gasteiger charge is 2.46. The number of ether oxygens (including phenoxy) is 1. The molecule has 0 spiro atoms. The van der Waals surface area contributed by atoms with E-state index < -0.39 is 5.41 Å². The smallest absolute Gasteiger partial charge is 0.135 e. The van der Waals surface area contributed by atoms with Crippen LogP contribution in [0.1, 0.15) is 22.3 Å². The Morgan fingerprint density at radius 1 is 0.370 bits per heavy atom. The van der Waals surface area contributed by atoms with Gasteiger partial charge in [0.25, 0.3) is 0 Å². The summed E-state index contributed by atoms with van der Waals surface area (Å²) in [5, 5.41) is 4.95. The zero-order valence-electron chi connectivity index (χ0n) is 25.1. The van der Waals surface area contributed by atoms with Crippen molar-refractivity contribution in [2.45, 2.75) is 5.41 Å². The third-order valence-electron chi connectivity index (χ3n) is 10.2. The second-order valence-corrected chi connectivity index (χ2v) is 12.4. The van der Waals surface area contributed by atoms with E-state index in [4.69, 9.17) is 4.74 Å². The van der Waals surface area contributed by atoms with Crippen molar-refractivity contribution in [3.8, 4) is 44.9 Å². The summed E-state index contributed by atoms with van der Waals surface area (Å²) in [4.78, 5) is 0. The van der Waals surface area contributed by atoms with Crippen LogP contribution in [0.25, 0.3) is 54.9 Å². The molecule has 1 unspecified atom stereocenters. The minimum Gasteiger partial charge on any atom is -0.456 e. The SMILES string of the molecule is c1ccc(C2(c3ccc(-c4ccc5c6c(cccc46)-c4ccccc4O5)cc3)c3ccccc3-c3c2ccc2ccccc32)cc1. The van der Waals surface area contributed by atoms with Crippen molar-refractivity contribution >= 4 is 21.5 Å². The predicted octanol–water partition coefficient (Wildman–Crippen LogP) is 11.8. The number of para-hydroxylation sites is 1. The van der Waals surface area contributed by atoms with Gasteiger partial charge in [-0.3, -0.25) is 0 Å². The van der Waals surface area contributed by atoms with Crippen LogP contribution in [0.2, 0.25) is 0 Å². The highest BCUT2D eigenvalue weighted by molar-refractivity contribution is 6.10. The molecule has 0 fully saturated rings. The van der Waals surface area contributed by atoms with Crippen LogP contribution < -0.4 is 4.74 Å². The minimum absolute atomic E-state index is 0.437. The summed E-state index contributed by atoms with van der Waals surface area (Å²) < 4.78 is 6.39. The van der Waals surface area contributed by atoms with E-state index in [1.807, 2.05) is 6.07 Å². The van der Waals surface area contributed by atoms with E-state index >= 15 is 0 Å². The molecular weight excluding hydrogens is 556 g/mol.